The van der Waals surface area contributed by atoms with E-state index in [1.54, 1.807) is 24.3 Å². The molecule has 0 N–H and O–H groups in total. The van der Waals surface area contributed by atoms with E-state index in [0.29, 0.717) is 17.2 Å². The van der Waals surface area contributed by atoms with Crippen molar-refractivity contribution in [3.05, 3.63) is 70.7 Å². The number of carbonyl (C=O) groups is 1. The van der Waals surface area contributed by atoms with Crippen molar-refractivity contribution >= 4 is 17.4 Å². The van der Waals surface area contributed by atoms with E-state index in [0.717, 1.165) is 5.56 Å². The predicted molar refractivity (Wildman–Crippen MR) is 76.6 cm³/mol. The minimum Gasteiger partial charge on any atom is -0.366 e. The van der Waals surface area contributed by atoms with E-state index < -0.39 is 6.10 Å². The van der Waals surface area contributed by atoms with Crippen LogP contribution >= 0.6 is 11.6 Å². The van der Waals surface area contributed by atoms with Crippen molar-refractivity contribution in [1.82, 2.24) is 0 Å². The summed E-state index contributed by atoms with van der Waals surface area (Å²) in [6, 6.07) is 16.5. The van der Waals surface area contributed by atoms with Crippen LogP contribution in [0.3, 0.4) is 0 Å². The summed E-state index contributed by atoms with van der Waals surface area (Å²) in [4.78, 5) is 12.5. The van der Waals surface area contributed by atoms with Crippen LogP contribution in [-0.2, 0) is 4.74 Å². The highest BCUT2D eigenvalue weighted by Gasteiger charge is 2.23. The topological polar surface area (TPSA) is 26.3 Å². The van der Waals surface area contributed by atoms with Gasteiger partial charge in [-0.3, -0.25) is 4.79 Å². The summed E-state index contributed by atoms with van der Waals surface area (Å²) in [5.41, 5.74) is 1.33. The summed E-state index contributed by atoms with van der Waals surface area (Å²) < 4.78 is 5.59. The fourth-order valence-corrected chi connectivity index (χ4v) is 2.15. The number of hydrogen-bond acceptors (Lipinski definition) is 2. The lowest BCUT2D eigenvalue weighted by atomic mass is 10.00. The van der Waals surface area contributed by atoms with Gasteiger partial charge in [0.05, 0.1) is 5.02 Å². The zero-order valence-electron chi connectivity index (χ0n) is 10.7. The highest BCUT2D eigenvalue weighted by Crippen LogP contribution is 2.26. The number of ketones is 1. The van der Waals surface area contributed by atoms with E-state index in [1.165, 1.54) is 0 Å². The third kappa shape index (κ3) is 3.22. The Bertz CT molecular complexity index is 552. The summed E-state index contributed by atoms with van der Waals surface area (Å²) >= 11 is 6.07. The zero-order chi connectivity index (χ0) is 13.7. The molecular weight excluding hydrogens is 260 g/mol. The lowest BCUT2D eigenvalue weighted by Gasteiger charge is -2.17. The second kappa shape index (κ2) is 6.50. The Morgan fingerprint density at radius 3 is 2.37 bits per heavy atom. The quantitative estimate of drug-likeness (QED) is 0.760. The van der Waals surface area contributed by atoms with Crippen molar-refractivity contribution < 1.29 is 9.53 Å². The molecule has 0 aromatic heterocycles. The molecule has 2 aromatic carbocycles. The SMILES string of the molecule is CCOC(C(=O)c1ccccc1Cl)c1ccccc1. The Balaban J connectivity index is 2.35. The molecule has 2 nitrogen and oxygen atoms in total. The molecule has 98 valence electrons. The Kier molecular flexibility index (Phi) is 4.72. The summed E-state index contributed by atoms with van der Waals surface area (Å²) in [5.74, 6) is -0.112. The summed E-state index contributed by atoms with van der Waals surface area (Å²) in [7, 11) is 0. The molecule has 0 radical (unpaired) electrons. The maximum atomic E-state index is 12.5. The van der Waals surface area contributed by atoms with Gasteiger partial charge in [-0.1, -0.05) is 54.1 Å². The minimum atomic E-state index is -0.605. The molecular formula is C16H15ClO2. The molecule has 0 aliphatic carbocycles. The predicted octanol–water partition coefficient (Wildman–Crippen LogP) is 4.30. The maximum absolute atomic E-state index is 12.5. The van der Waals surface area contributed by atoms with Gasteiger partial charge < -0.3 is 4.74 Å². The van der Waals surface area contributed by atoms with Crippen molar-refractivity contribution in [3.8, 4) is 0 Å². The number of ether oxygens (including phenoxy) is 1. The van der Waals surface area contributed by atoms with Gasteiger partial charge in [0.2, 0.25) is 0 Å². The van der Waals surface area contributed by atoms with Crippen LogP contribution in [0.25, 0.3) is 0 Å². The number of hydrogen-bond donors (Lipinski definition) is 0. The Hall–Kier alpha value is -1.64. The fourth-order valence-electron chi connectivity index (χ4n) is 1.92. The van der Waals surface area contributed by atoms with Gasteiger partial charge >= 0.3 is 0 Å². The first-order chi connectivity index (χ1) is 9.24. The standard InChI is InChI=1S/C16H15ClO2/c1-2-19-16(12-8-4-3-5-9-12)15(18)13-10-6-7-11-14(13)17/h3-11,16H,2H2,1H3. The Morgan fingerprint density at radius 1 is 1.11 bits per heavy atom. The van der Waals surface area contributed by atoms with Crippen molar-refractivity contribution in [2.75, 3.05) is 6.61 Å². The van der Waals surface area contributed by atoms with Gasteiger partial charge in [-0.05, 0) is 24.6 Å². The number of benzene rings is 2. The van der Waals surface area contributed by atoms with Crippen LogP contribution in [0.5, 0.6) is 0 Å². The van der Waals surface area contributed by atoms with E-state index in [-0.39, 0.29) is 5.78 Å². The molecule has 0 aliphatic rings. The van der Waals surface area contributed by atoms with E-state index in [1.807, 2.05) is 37.3 Å². The molecule has 0 bridgehead atoms. The second-order valence-corrected chi connectivity index (χ2v) is 4.50. The fraction of sp³-hybridized carbons (Fsp3) is 0.188. The van der Waals surface area contributed by atoms with E-state index in [2.05, 4.69) is 0 Å². The lowest BCUT2D eigenvalue weighted by molar-refractivity contribution is 0.0452. The van der Waals surface area contributed by atoms with Crippen LogP contribution in [0.2, 0.25) is 5.02 Å². The van der Waals surface area contributed by atoms with Crippen LogP contribution < -0.4 is 0 Å². The Morgan fingerprint density at radius 2 is 1.74 bits per heavy atom. The maximum Gasteiger partial charge on any atom is 0.197 e. The molecule has 2 rings (SSSR count). The normalized spacial score (nSPS) is 12.1. The number of carbonyl (C=O) groups excluding carboxylic acids is 1. The summed E-state index contributed by atoms with van der Waals surface area (Å²) in [6.45, 7) is 2.34. The van der Waals surface area contributed by atoms with Crippen LogP contribution in [0.4, 0.5) is 0 Å². The average Bonchev–Trinajstić information content (AvgIpc) is 2.45. The van der Waals surface area contributed by atoms with Gasteiger partial charge in [-0.25, -0.2) is 0 Å². The first-order valence-electron chi connectivity index (χ1n) is 6.19. The van der Waals surface area contributed by atoms with Crippen molar-refractivity contribution in [1.29, 1.82) is 0 Å². The first kappa shape index (κ1) is 13.8. The van der Waals surface area contributed by atoms with Crippen LogP contribution in [0, 0.1) is 0 Å². The van der Waals surface area contributed by atoms with Gasteiger partial charge in [-0.15, -0.1) is 0 Å². The molecule has 0 aliphatic heterocycles. The molecule has 0 amide bonds. The minimum absolute atomic E-state index is 0.112. The first-order valence-corrected chi connectivity index (χ1v) is 6.57. The van der Waals surface area contributed by atoms with Crippen molar-refractivity contribution in [3.63, 3.8) is 0 Å². The molecule has 1 unspecified atom stereocenters. The number of rotatable bonds is 5. The molecule has 19 heavy (non-hydrogen) atoms. The summed E-state index contributed by atoms with van der Waals surface area (Å²) in [5, 5.41) is 0.452. The molecule has 0 saturated carbocycles. The second-order valence-electron chi connectivity index (χ2n) is 4.09. The molecule has 2 aromatic rings. The lowest BCUT2D eigenvalue weighted by Crippen LogP contribution is -2.16. The van der Waals surface area contributed by atoms with E-state index in [9.17, 15) is 4.79 Å². The molecule has 1 atom stereocenters. The van der Waals surface area contributed by atoms with Gasteiger partial charge in [-0.2, -0.15) is 0 Å². The zero-order valence-corrected chi connectivity index (χ0v) is 11.4. The third-order valence-corrected chi connectivity index (χ3v) is 3.14. The third-order valence-electron chi connectivity index (χ3n) is 2.81. The highest BCUT2D eigenvalue weighted by atomic mass is 35.5. The number of Topliss-reactive ketones (excluding diaryl/α,β-unsaturated/α-hetero) is 1. The van der Waals surface area contributed by atoms with Gasteiger partial charge in [0.25, 0.3) is 0 Å². The number of halogens is 1. The van der Waals surface area contributed by atoms with Gasteiger partial charge in [0, 0.05) is 12.2 Å². The van der Waals surface area contributed by atoms with Crippen molar-refractivity contribution in [2.24, 2.45) is 0 Å². The van der Waals surface area contributed by atoms with E-state index in [4.69, 9.17) is 16.3 Å². The molecule has 0 fully saturated rings. The molecule has 0 heterocycles. The van der Waals surface area contributed by atoms with Crippen LogP contribution in [-0.4, -0.2) is 12.4 Å². The van der Waals surface area contributed by atoms with E-state index >= 15 is 0 Å². The molecule has 3 heteroatoms. The van der Waals surface area contributed by atoms with Crippen LogP contribution in [0.1, 0.15) is 28.9 Å². The highest BCUT2D eigenvalue weighted by molar-refractivity contribution is 6.34. The average molecular weight is 275 g/mol. The van der Waals surface area contributed by atoms with Gasteiger partial charge in [0.1, 0.15) is 6.10 Å². The van der Waals surface area contributed by atoms with Crippen LogP contribution in [0.15, 0.2) is 54.6 Å². The largest absolute Gasteiger partial charge is 0.366 e. The smallest absolute Gasteiger partial charge is 0.197 e. The molecule has 0 saturated heterocycles. The summed E-state index contributed by atoms with van der Waals surface area (Å²) in [6.07, 6.45) is -0.605. The van der Waals surface area contributed by atoms with Crippen molar-refractivity contribution in [2.45, 2.75) is 13.0 Å². The molecule has 0 spiro atoms. The monoisotopic (exact) mass is 274 g/mol. The van der Waals surface area contributed by atoms with Gasteiger partial charge in [0.15, 0.2) is 5.78 Å². The Labute approximate surface area is 118 Å².